The first-order valence-corrected chi connectivity index (χ1v) is 8.35. The quantitative estimate of drug-likeness (QED) is 0.625. The molecule has 2 rings (SSSR count). The molecule has 25 heavy (non-hydrogen) atoms. The zero-order valence-corrected chi connectivity index (χ0v) is 14.4. The van der Waals surface area contributed by atoms with Crippen molar-refractivity contribution < 1.29 is 18.3 Å². The molecular formula is C17H19F2N3O2S. The summed E-state index contributed by atoms with van der Waals surface area (Å²) >= 11 is 1.04. The average Bonchev–Trinajstić information content (AvgIpc) is 2.61. The standard InChI is InChI=1S/C17H19F2N3O2S/c1-24-14-8-12(5-6-15(14)25-20)17(23)22-13-4-2-3-11(7-13)9-21-10-16(18)19/h2-8,16,21H,9-10,20H2,1H3,(H,22,23). The Bertz CT molecular complexity index is 729. The van der Waals surface area contributed by atoms with Crippen LogP contribution in [-0.2, 0) is 6.54 Å². The Morgan fingerprint density at radius 3 is 2.76 bits per heavy atom. The van der Waals surface area contributed by atoms with E-state index in [-0.39, 0.29) is 12.5 Å². The van der Waals surface area contributed by atoms with Gasteiger partial charge >= 0.3 is 0 Å². The number of ether oxygens (including phenoxy) is 1. The van der Waals surface area contributed by atoms with Crippen molar-refractivity contribution in [2.75, 3.05) is 19.0 Å². The van der Waals surface area contributed by atoms with Gasteiger partial charge in [0.15, 0.2) is 0 Å². The smallest absolute Gasteiger partial charge is 0.255 e. The molecule has 8 heteroatoms. The van der Waals surface area contributed by atoms with E-state index in [1.54, 1.807) is 42.5 Å². The van der Waals surface area contributed by atoms with Gasteiger partial charge in [0.25, 0.3) is 12.3 Å². The first kappa shape index (κ1) is 19.2. The fraction of sp³-hybridized carbons (Fsp3) is 0.235. The molecule has 0 atom stereocenters. The molecule has 0 aliphatic rings. The van der Waals surface area contributed by atoms with E-state index in [9.17, 15) is 13.6 Å². The maximum atomic E-state index is 12.4. The van der Waals surface area contributed by atoms with Crippen LogP contribution in [0.25, 0.3) is 0 Å². The van der Waals surface area contributed by atoms with Crippen molar-refractivity contribution in [3.05, 3.63) is 53.6 Å². The van der Waals surface area contributed by atoms with Gasteiger partial charge in [0.2, 0.25) is 0 Å². The number of methoxy groups -OCH3 is 1. The average molecular weight is 367 g/mol. The highest BCUT2D eigenvalue weighted by Crippen LogP contribution is 2.27. The zero-order chi connectivity index (χ0) is 18.2. The minimum Gasteiger partial charge on any atom is -0.496 e. The van der Waals surface area contributed by atoms with Crippen LogP contribution in [0.15, 0.2) is 47.4 Å². The predicted molar refractivity (Wildman–Crippen MR) is 95.1 cm³/mol. The summed E-state index contributed by atoms with van der Waals surface area (Å²) in [6.07, 6.45) is -2.40. The molecule has 0 saturated heterocycles. The van der Waals surface area contributed by atoms with Gasteiger partial charge in [-0.25, -0.2) is 8.78 Å². The molecule has 134 valence electrons. The number of carbonyl (C=O) groups is 1. The number of benzene rings is 2. The van der Waals surface area contributed by atoms with Crippen LogP contribution in [0.1, 0.15) is 15.9 Å². The number of alkyl halides is 2. The summed E-state index contributed by atoms with van der Waals surface area (Å²) in [5.74, 6) is 0.217. The third-order valence-electron chi connectivity index (χ3n) is 3.37. The Morgan fingerprint density at radius 1 is 1.28 bits per heavy atom. The molecule has 0 saturated carbocycles. The molecule has 0 radical (unpaired) electrons. The van der Waals surface area contributed by atoms with Gasteiger partial charge in [-0.3, -0.25) is 9.93 Å². The second-order valence-electron chi connectivity index (χ2n) is 5.16. The number of hydrogen-bond acceptors (Lipinski definition) is 5. The Labute approximate surface area is 149 Å². The molecule has 5 nitrogen and oxygen atoms in total. The first-order valence-electron chi connectivity index (χ1n) is 7.47. The molecule has 2 aromatic carbocycles. The normalized spacial score (nSPS) is 10.8. The van der Waals surface area contributed by atoms with Crippen LogP contribution in [0.5, 0.6) is 5.75 Å². The van der Waals surface area contributed by atoms with Crippen LogP contribution in [0.4, 0.5) is 14.5 Å². The van der Waals surface area contributed by atoms with Crippen LogP contribution >= 0.6 is 11.9 Å². The van der Waals surface area contributed by atoms with Crippen molar-refractivity contribution in [2.45, 2.75) is 17.9 Å². The minimum absolute atomic E-state index is 0.296. The Kier molecular flexibility index (Phi) is 7.17. The fourth-order valence-corrected chi connectivity index (χ4v) is 2.60. The van der Waals surface area contributed by atoms with Crippen molar-refractivity contribution in [3.63, 3.8) is 0 Å². The predicted octanol–water partition coefficient (Wildman–Crippen LogP) is 3.27. The molecule has 2 aromatic rings. The van der Waals surface area contributed by atoms with Gasteiger partial charge in [0.1, 0.15) is 5.75 Å². The maximum absolute atomic E-state index is 12.4. The highest BCUT2D eigenvalue weighted by molar-refractivity contribution is 7.97. The van der Waals surface area contributed by atoms with Gasteiger partial charge in [-0.05, 0) is 47.8 Å². The monoisotopic (exact) mass is 367 g/mol. The van der Waals surface area contributed by atoms with Crippen molar-refractivity contribution in [1.29, 1.82) is 0 Å². The molecule has 1 amide bonds. The summed E-state index contributed by atoms with van der Waals surface area (Å²) in [4.78, 5) is 13.1. The van der Waals surface area contributed by atoms with E-state index in [0.717, 1.165) is 22.4 Å². The van der Waals surface area contributed by atoms with Crippen molar-refractivity contribution in [2.24, 2.45) is 5.14 Å². The molecule has 0 aromatic heterocycles. The van der Waals surface area contributed by atoms with E-state index >= 15 is 0 Å². The summed E-state index contributed by atoms with van der Waals surface area (Å²) in [6.45, 7) is -0.0772. The fourth-order valence-electron chi connectivity index (χ4n) is 2.19. The number of rotatable bonds is 8. The van der Waals surface area contributed by atoms with Crippen LogP contribution in [0, 0.1) is 0 Å². The van der Waals surface area contributed by atoms with Crippen LogP contribution in [0.2, 0.25) is 0 Å². The van der Waals surface area contributed by atoms with E-state index in [4.69, 9.17) is 9.88 Å². The molecule has 0 heterocycles. The summed E-state index contributed by atoms with van der Waals surface area (Å²) in [5, 5.41) is 11.0. The van der Waals surface area contributed by atoms with Crippen LogP contribution in [-0.4, -0.2) is 26.0 Å². The summed E-state index contributed by atoms with van der Waals surface area (Å²) in [7, 11) is 1.51. The van der Waals surface area contributed by atoms with Gasteiger partial charge in [-0.1, -0.05) is 12.1 Å². The highest BCUT2D eigenvalue weighted by Gasteiger charge is 2.11. The summed E-state index contributed by atoms with van der Waals surface area (Å²) in [6, 6.07) is 12.0. The van der Waals surface area contributed by atoms with Gasteiger partial charge < -0.3 is 15.4 Å². The van der Waals surface area contributed by atoms with Crippen molar-refractivity contribution in [3.8, 4) is 5.75 Å². The molecule has 4 N–H and O–H groups in total. The lowest BCUT2D eigenvalue weighted by atomic mass is 10.1. The lowest BCUT2D eigenvalue weighted by molar-refractivity contribution is 0.102. The molecule has 0 spiro atoms. The van der Waals surface area contributed by atoms with Crippen LogP contribution < -0.4 is 20.5 Å². The second-order valence-corrected chi connectivity index (χ2v) is 5.84. The maximum Gasteiger partial charge on any atom is 0.255 e. The Balaban J connectivity index is 2.05. The van der Waals surface area contributed by atoms with Crippen molar-refractivity contribution in [1.82, 2.24) is 5.32 Å². The van der Waals surface area contributed by atoms with Gasteiger partial charge in [0.05, 0.1) is 18.6 Å². The van der Waals surface area contributed by atoms with E-state index in [1.165, 1.54) is 7.11 Å². The molecule has 0 bridgehead atoms. The summed E-state index contributed by atoms with van der Waals surface area (Å²) in [5.41, 5.74) is 1.80. The molecular weight excluding hydrogens is 348 g/mol. The largest absolute Gasteiger partial charge is 0.496 e. The van der Waals surface area contributed by atoms with E-state index in [2.05, 4.69) is 10.6 Å². The zero-order valence-electron chi connectivity index (χ0n) is 13.6. The third-order valence-corrected chi connectivity index (χ3v) is 3.96. The van der Waals surface area contributed by atoms with Gasteiger partial charge in [0, 0.05) is 17.8 Å². The molecule has 0 fully saturated rings. The number of amides is 1. The number of hydrogen-bond donors (Lipinski definition) is 3. The topological polar surface area (TPSA) is 76.4 Å². The van der Waals surface area contributed by atoms with E-state index in [0.29, 0.717) is 23.5 Å². The van der Waals surface area contributed by atoms with Crippen LogP contribution in [0.3, 0.4) is 0 Å². The number of carbonyl (C=O) groups excluding carboxylic acids is 1. The van der Waals surface area contributed by atoms with Gasteiger partial charge in [-0.15, -0.1) is 0 Å². The number of halogens is 2. The van der Waals surface area contributed by atoms with E-state index in [1.807, 2.05) is 0 Å². The Hall–Kier alpha value is -2.16. The highest BCUT2D eigenvalue weighted by atomic mass is 32.2. The lowest BCUT2D eigenvalue weighted by Crippen LogP contribution is -2.20. The molecule has 0 aliphatic heterocycles. The second kappa shape index (κ2) is 9.36. The van der Waals surface area contributed by atoms with Gasteiger partial charge in [-0.2, -0.15) is 0 Å². The number of anilines is 1. The van der Waals surface area contributed by atoms with E-state index < -0.39 is 6.43 Å². The van der Waals surface area contributed by atoms with Crippen molar-refractivity contribution >= 4 is 23.5 Å². The Morgan fingerprint density at radius 2 is 2.08 bits per heavy atom. The number of nitrogens with one attached hydrogen (secondary N) is 2. The SMILES string of the molecule is COc1cc(C(=O)Nc2cccc(CNCC(F)F)c2)ccc1SN. The first-order chi connectivity index (χ1) is 12.0. The third kappa shape index (κ3) is 5.70. The lowest BCUT2D eigenvalue weighted by Gasteiger charge is -2.10. The summed E-state index contributed by atoms with van der Waals surface area (Å²) < 4.78 is 29.5. The minimum atomic E-state index is -2.40. The number of nitrogens with two attached hydrogens (primary N) is 1. The molecule has 0 unspecified atom stereocenters. The molecule has 0 aliphatic carbocycles.